The van der Waals surface area contributed by atoms with Crippen molar-refractivity contribution < 1.29 is 9.59 Å². The molecule has 2 aromatic rings. The molecule has 0 aliphatic carbocycles. The van der Waals surface area contributed by atoms with Crippen LogP contribution in [-0.4, -0.2) is 34.4 Å². The van der Waals surface area contributed by atoms with Gasteiger partial charge in [-0.15, -0.1) is 0 Å². The Hall–Kier alpha value is -3.40. The third-order valence-electron chi connectivity index (χ3n) is 5.57. The van der Waals surface area contributed by atoms with Crippen LogP contribution in [0.1, 0.15) is 40.9 Å². The first-order valence-electron chi connectivity index (χ1n) is 9.27. The van der Waals surface area contributed by atoms with Crippen LogP contribution in [0.5, 0.6) is 0 Å². The van der Waals surface area contributed by atoms with Crippen molar-refractivity contribution in [2.45, 2.75) is 25.8 Å². The van der Waals surface area contributed by atoms with Gasteiger partial charge >= 0.3 is 0 Å². The summed E-state index contributed by atoms with van der Waals surface area (Å²) in [7, 11) is 0. The van der Waals surface area contributed by atoms with Crippen LogP contribution in [0.4, 0.5) is 5.69 Å². The number of hydrogen-bond donors (Lipinski definition) is 1. The zero-order chi connectivity index (χ0) is 19.8. The zero-order valence-electron chi connectivity index (χ0n) is 15.5. The van der Waals surface area contributed by atoms with Gasteiger partial charge in [-0.2, -0.15) is 5.26 Å². The molecule has 0 saturated carbocycles. The molecular weight excluding hydrogens is 356 g/mol. The van der Waals surface area contributed by atoms with E-state index in [1.165, 1.54) is 0 Å². The Morgan fingerprint density at radius 1 is 1.11 bits per heavy atom. The number of anilines is 1. The highest BCUT2D eigenvalue weighted by molar-refractivity contribution is 6.04. The predicted molar refractivity (Wildman–Crippen MR) is 103 cm³/mol. The van der Waals surface area contributed by atoms with Gasteiger partial charge in [0, 0.05) is 43.7 Å². The summed E-state index contributed by atoms with van der Waals surface area (Å²) < 4.78 is 1.74. The molecule has 1 aromatic carbocycles. The number of piperidine rings is 1. The quantitative estimate of drug-likeness (QED) is 0.866. The second-order valence-corrected chi connectivity index (χ2v) is 7.45. The first kappa shape index (κ1) is 18.0. The summed E-state index contributed by atoms with van der Waals surface area (Å²) in [6.45, 7) is 3.42. The van der Waals surface area contributed by atoms with E-state index >= 15 is 0 Å². The van der Waals surface area contributed by atoms with Crippen LogP contribution in [0, 0.1) is 17.2 Å². The maximum Gasteiger partial charge on any atom is 0.274 e. The molecule has 1 N–H and O–H groups in total. The van der Waals surface area contributed by atoms with Gasteiger partial charge in [0.2, 0.25) is 5.91 Å². The maximum atomic E-state index is 13.0. The summed E-state index contributed by atoms with van der Waals surface area (Å²) in [6.07, 6.45) is 0.972. The van der Waals surface area contributed by atoms with E-state index in [0.29, 0.717) is 30.8 Å². The van der Waals surface area contributed by atoms with Crippen LogP contribution in [0.25, 0.3) is 0 Å². The molecule has 2 aliphatic rings. The third-order valence-corrected chi connectivity index (χ3v) is 5.57. The minimum absolute atomic E-state index is 0.0665. The number of benzene rings is 1. The lowest BCUT2D eigenvalue weighted by Gasteiger charge is -2.42. The number of nitrogens with one attached hydrogen (secondary N) is 1. The Balaban J connectivity index is 1.59. The van der Waals surface area contributed by atoms with Crippen LogP contribution in [-0.2, 0) is 11.3 Å². The largest absolute Gasteiger partial charge is 0.342 e. The summed E-state index contributed by atoms with van der Waals surface area (Å²) in [5, 5.41) is 11.5. The first-order chi connectivity index (χ1) is 13.5. The molecule has 2 aliphatic heterocycles. The molecular formula is C21H20N4O3. The molecule has 2 bridgehead atoms. The molecule has 3 heterocycles. The summed E-state index contributed by atoms with van der Waals surface area (Å²) in [6, 6.07) is 11.8. The second-order valence-electron chi connectivity index (χ2n) is 7.45. The van der Waals surface area contributed by atoms with Crippen molar-refractivity contribution in [2.75, 3.05) is 18.4 Å². The van der Waals surface area contributed by atoms with E-state index in [0.717, 1.165) is 12.1 Å². The van der Waals surface area contributed by atoms with E-state index in [4.69, 9.17) is 5.26 Å². The number of hydrogen-bond acceptors (Lipinski definition) is 4. The number of pyridine rings is 1. The Bertz CT molecular complexity index is 1050. The van der Waals surface area contributed by atoms with Gasteiger partial charge in [-0.3, -0.25) is 14.4 Å². The van der Waals surface area contributed by atoms with Gasteiger partial charge < -0.3 is 14.8 Å². The number of carbonyl (C=O) groups is 2. The fourth-order valence-corrected chi connectivity index (χ4v) is 4.19. The molecule has 7 nitrogen and oxygen atoms in total. The monoisotopic (exact) mass is 376 g/mol. The average molecular weight is 376 g/mol. The van der Waals surface area contributed by atoms with Gasteiger partial charge in [-0.1, -0.05) is 0 Å². The number of rotatable bonds is 2. The smallest absolute Gasteiger partial charge is 0.274 e. The average Bonchev–Trinajstić information content (AvgIpc) is 2.70. The summed E-state index contributed by atoms with van der Waals surface area (Å²) >= 11 is 0. The summed E-state index contributed by atoms with van der Waals surface area (Å²) in [5.41, 5.74) is 1.79. The van der Waals surface area contributed by atoms with E-state index in [-0.39, 0.29) is 34.9 Å². The number of fused-ring (bicyclic) bond motifs is 4. The molecule has 7 heteroatoms. The lowest BCUT2D eigenvalue weighted by molar-refractivity contribution is -0.131. The number of likely N-dealkylation sites (tertiary alicyclic amines) is 1. The molecule has 0 spiro atoms. The van der Waals surface area contributed by atoms with Crippen molar-refractivity contribution in [2.24, 2.45) is 5.92 Å². The van der Waals surface area contributed by atoms with Crippen LogP contribution >= 0.6 is 0 Å². The molecule has 2 amide bonds. The van der Waals surface area contributed by atoms with Crippen molar-refractivity contribution in [1.82, 2.24) is 9.47 Å². The third kappa shape index (κ3) is 3.18. The van der Waals surface area contributed by atoms with E-state index in [2.05, 4.69) is 5.32 Å². The standard InChI is InChI=1S/C21H20N4O3/c1-13(26)24-10-15-8-17(12-24)19-7-6-18(21(28)25(19)11-15)23-20(27)16-4-2-14(9-22)3-5-16/h2-7,15,17H,8,10-12H2,1H3,(H,23,27)/t15-,17-/m1/s1. The highest BCUT2D eigenvalue weighted by Gasteiger charge is 2.35. The lowest BCUT2D eigenvalue weighted by Crippen LogP contribution is -2.48. The Labute approximate surface area is 162 Å². The Morgan fingerprint density at radius 3 is 2.54 bits per heavy atom. The molecule has 0 radical (unpaired) electrons. The molecule has 1 fully saturated rings. The first-order valence-corrected chi connectivity index (χ1v) is 9.27. The van der Waals surface area contributed by atoms with Gasteiger partial charge in [0.05, 0.1) is 11.6 Å². The van der Waals surface area contributed by atoms with E-state index in [9.17, 15) is 14.4 Å². The Morgan fingerprint density at radius 2 is 1.86 bits per heavy atom. The fraction of sp³-hybridized carbons (Fsp3) is 0.333. The van der Waals surface area contributed by atoms with Crippen molar-refractivity contribution in [3.05, 3.63) is 63.6 Å². The molecule has 1 saturated heterocycles. The van der Waals surface area contributed by atoms with E-state index in [1.807, 2.05) is 17.0 Å². The highest BCUT2D eigenvalue weighted by atomic mass is 16.2. The van der Waals surface area contributed by atoms with Crippen LogP contribution in [0.2, 0.25) is 0 Å². The van der Waals surface area contributed by atoms with Crippen LogP contribution in [0.15, 0.2) is 41.2 Å². The molecule has 1 aromatic heterocycles. The molecule has 2 atom stereocenters. The normalized spacial score (nSPS) is 20.1. The minimum atomic E-state index is -0.388. The fourth-order valence-electron chi connectivity index (χ4n) is 4.19. The summed E-state index contributed by atoms with van der Waals surface area (Å²) in [4.78, 5) is 39.0. The lowest BCUT2D eigenvalue weighted by atomic mass is 9.83. The maximum absolute atomic E-state index is 13.0. The van der Waals surface area contributed by atoms with E-state index < -0.39 is 0 Å². The van der Waals surface area contributed by atoms with Gasteiger partial charge in [0.1, 0.15) is 5.69 Å². The summed E-state index contributed by atoms with van der Waals surface area (Å²) in [5.74, 6) is 0.0717. The number of nitriles is 1. The van der Waals surface area contributed by atoms with Crippen molar-refractivity contribution in [1.29, 1.82) is 5.26 Å². The predicted octanol–water partition coefficient (Wildman–Crippen LogP) is 1.94. The van der Waals surface area contributed by atoms with Crippen LogP contribution < -0.4 is 10.9 Å². The number of amides is 2. The zero-order valence-corrected chi connectivity index (χ0v) is 15.5. The second kappa shape index (κ2) is 6.97. The highest BCUT2D eigenvalue weighted by Crippen LogP contribution is 2.35. The molecule has 0 unspecified atom stereocenters. The van der Waals surface area contributed by atoms with Gasteiger partial charge in [0.25, 0.3) is 11.5 Å². The van der Waals surface area contributed by atoms with Crippen molar-refractivity contribution in [3.8, 4) is 6.07 Å². The molecule has 4 rings (SSSR count). The number of aromatic nitrogens is 1. The topological polar surface area (TPSA) is 95.2 Å². The van der Waals surface area contributed by atoms with Crippen molar-refractivity contribution in [3.63, 3.8) is 0 Å². The molecule has 142 valence electrons. The van der Waals surface area contributed by atoms with Crippen molar-refractivity contribution >= 4 is 17.5 Å². The van der Waals surface area contributed by atoms with Gasteiger partial charge in [-0.05, 0) is 48.7 Å². The van der Waals surface area contributed by atoms with Gasteiger partial charge in [0.15, 0.2) is 0 Å². The number of carbonyl (C=O) groups excluding carboxylic acids is 2. The van der Waals surface area contributed by atoms with Crippen LogP contribution in [0.3, 0.4) is 0 Å². The molecule has 28 heavy (non-hydrogen) atoms. The van der Waals surface area contributed by atoms with Gasteiger partial charge in [-0.25, -0.2) is 0 Å². The minimum Gasteiger partial charge on any atom is -0.342 e. The number of nitrogens with zero attached hydrogens (tertiary/aromatic N) is 3. The SMILES string of the molecule is CC(=O)N1C[C@H]2C[C@H](C1)c1ccc(NC(=O)c3ccc(C#N)cc3)c(=O)n1C2. The van der Waals surface area contributed by atoms with E-state index in [1.54, 1.807) is 41.8 Å². The Kier molecular flexibility index (Phi) is 4.47.